The summed E-state index contributed by atoms with van der Waals surface area (Å²) in [6.45, 7) is 0.540. The Hall–Kier alpha value is -1.36. The van der Waals surface area contributed by atoms with Crippen molar-refractivity contribution in [1.29, 1.82) is 0 Å². The summed E-state index contributed by atoms with van der Waals surface area (Å²) in [5.74, 6) is -2.14. The number of carboxylic acid groups (broad SMARTS) is 1. The zero-order chi connectivity index (χ0) is 13.2. The van der Waals surface area contributed by atoms with Crippen LogP contribution in [0.25, 0.3) is 0 Å². The van der Waals surface area contributed by atoms with Gasteiger partial charge in [0.2, 0.25) is 5.91 Å². The molecule has 2 bridgehead atoms. The van der Waals surface area contributed by atoms with Crippen molar-refractivity contribution in [1.82, 2.24) is 4.90 Å². The Bertz CT molecular complexity index is 482. The highest BCUT2D eigenvalue weighted by molar-refractivity contribution is 5.91. The summed E-state index contributed by atoms with van der Waals surface area (Å²) in [6, 6.07) is 0.290. The van der Waals surface area contributed by atoms with Gasteiger partial charge in [-0.15, -0.1) is 0 Å². The predicted octanol–water partition coefficient (Wildman–Crippen LogP) is 0.796. The Kier molecular flexibility index (Phi) is 2.17. The number of carboxylic acids is 1. The van der Waals surface area contributed by atoms with Gasteiger partial charge in [-0.25, -0.2) is 0 Å². The maximum Gasteiger partial charge on any atom is 0.310 e. The topological polar surface area (TPSA) is 66.8 Å². The number of likely N-dealkylation sites (tertiary alicyclic amines) is 1. The average molecular weight is 263 g/mol. The quantitative estimate of drug-likeness (QED) is 0.748. The lowest BCUT2D eigenvalue weighted by molar-refractivity contribution is -0.148. The minimum absolute atomic E-state index is 0.00819. The second-order valence-electron chi connectivity index (χ2n) is 6.14. The van der Waals surface area contributed by atoms with Crippen LogP contribution in [0.2, 0.25) is 0 Å². The minimum atomic E-state index is -0.914. The van der Waals surface area contributed by atoms with E-state index in [-0.39, 0.29) is 11.9 Å². The van der Waals surface area contributed by atoms with Crippen LogP contribution in [0.1, 0.15) is 25.7 Å². The van der Waals surface area contributed by atoms with Gasteiger partial charge in [0.05, 0.1) is 18.6 Å². The van der Waals surface area contributed by atoms with Gasteiger partial charge in [-0.05, 0) is 12.8 Å². The van der Waals surface area contributed by atoms with Crippen LogP contribution in [0.3, 0.4) is 0 Å². The molecule has 0 aromatic heterocycles. The lowest BCUT2D eigenvalue weighted by Crippen LogP contribution is -2.40. The summed E-state index contributed by atoms with van der Waals surface area (Å²) in [5, 5.41) is 9.36. The zero-order valence-corrected chi connectivity index (χ0v) is 10.6. The number of nitrogens with zero attached hydrogens (tertiary/aromatic N) is 1. The molecule has 1 saturated carbocycles. The van der Waals surface area contributed by atoms with Crippen molar-refractivity contribution >= 4 is 11.9 Å². The molecule has 5 heteroatoms. The molecule has 4 rings (SSSR count). The van der Waals surface area contributed by atoms with E-state index in [1.54, 1.807) is 0 Å². The van der Waals surface area contributed by atoms with Gasteiger partial charge >= 0.3 is 5.97 Å². The number of ether oxygens (including phenoxy) is 1. The van der Waals surface area contributed by atoms with Gasteiger partial charge in [0.15, 0.2) is 0 Å². The molecule has 5 nitrogen and oxygen atoms in total. The molecule has 102 valence electrons. The number of hydrogen-bond donors (Lipinski definition) is 1. The fraction of sp³-hybridized carbons (Fsp3) is 0.714. The lowest BCUT2D eigenvalue weighted by Gasteiger charge is -2.26. The molecular formula is C14H17NO4. The van der Waals surface area contributed by atoms with Gasteiger partial charge in [-0.3, -0.25) is 9.59 Å². The number of amides is 1. The van der Waals surface area contributed by atoms with E-state index in [0.29, 0.717) is 6.54 Å². The van der Waals surface area contributed by atoms with E-state index < -0.39 is 29.5 Å². The fourth-order valence-corrected chi connectivity index (χ4v) is 4.34. The summed E-state index contributed by atoms with van der Waals surface area (Å²) in [6.07, 6.45) is 7.73. The molecule has 0 unspecified atom stereocenters. The second kappa shape index (κ2) is 3.60. The van der Waals surface area contributed by atoms with Gasteiger partial charge in [0.1, 0.15) is 11.5 Å². The summed E-state index contributed by atoms with van der Waals surface area (Å²) < 4.78 is 5.86. The summed E-state index contributed by atoms with van der Waals surface area (Å²) >= 11 is 0. The van der Waals surface area contributed by atoms with E-state index in [1.165, 1.54) is 0 Å². The predicted molar refractivity (Wildman–Crippen MR) is 65.3 cm³/mol. The lowest BCUT2D eigenvalue weighted by atomic mass is 9.77. The third-order valence-electron chi connectivity index (χ3n) is 5.18. The summed E-state index contributed by atoms with van der Waals surface area (Å²) in [7, 11) is 0. The van der Waals surface area contributed by atoms with Crippen LogP contribution >= 0.6 is 0 Å². The Labute approximate surface area is 111 Å². The van der Waals surface area contributed by atoms with Crippen molar-refractivity contribution < 1.29 is 19.4 Å². The molecule has 1 N–H and O–H groups in total. The van der Waals surface area contributed by atoms with E-state index >= 15 is 0 Å². The number of hydrogen-bond acceptors (Lipinski definition) is 3. The standard InChI is InChI=1S/C14H17NO4/c16-12-11-10(13(17)18)9-5-6-14(11,19-9)7-15(12)8-3-1-2-4-8/h5-6,8-11H,1-4,7H2,(H,17,18)/t9-,10+,11+,14-/m0/s1. The van der Waals surface area contributed by atoms with Crippen molar-refractivity contribution in [2.75, 3.05) is 6.54 Å². The SMILES string of the molecule is O=C(O)[C@@H]1[C@@H]2C=C[C@@]3(CN(C4CCCC4)C(=O)[C@@H]13)O2. The second-order valence-corrected chi connectivity index (χ2v) is 6.14. The van der Waals surface area contributed by atoms with Crippen LogP contribution in [0.4, 0.5) is 0 Å². The highest BCUT2D eigenvalue weighted by Crippen LogP contribution is 2.52. The number of fused-ring (bicyclic) bond motifs is 1. The molecule has 19 heavy (non-hydrogen) atoms. The molecule has 1 aliphatic carbocycles. The molecule has 0 aromatic carbocycles. The molecule has 3 heterocycles. The number of rotatable bonds is 2. The first-order valence-corrected chi connectivity index (χ1v) is 7.03. The molecule has 1 amide bonds. The number of carbonyl (C=O) groups excluding carboxylic acids is 1. The van der Waals surface area contributed by atoms with Gasteiger partial charge in [0, 0.05) is 6.04 Å². The molecule has 2 saturated heterocycles. The Morgan fingerprint density at radius 1 is 1.42 bits per heavy atom. The zero-order valence-electron chi connectivity index (χ0n) is 10.6. The molecule has 0 radical (unpaired) electrons. The minimum Gasteiger partial charge on any atom is -0.481 e. The van der Waals surface area contributed by atoms with E-state index in [2.05, 4.69) is 0 Å². The van der Waals surface area contributed by atoms with Crippen molar-refractivity contribution in [3.8, 4) is 0 Å². The average Bonchev–Trinajstić information content (AvgIpc) is 3.09. The highest BCUT2D eigenvalue weighted by Gasteiger charge is 2.67. The number of aliphatic carboxylic acids is 1. The van der Waals surface area contributed by atoms with Crippen molar-refractivity contribution in [2.45, 2.75) is 43.4 Å². The third-order valence-corrected chi connectivity index (χ3v) is 5.18. The molecule has 3 aliphatic heterocycles. The smallest absolute Gasteiger partial charge is 0.310 e. The Morgan fingerprint density at radius 3 is 2.84 bits per heavy atom. The van der Waals surface area contributed by atoms with Gasteiger partial charge < -0.3 is 14.7 Å². The van der Waals surface area contributed by atoms with E-state index in [1.807, 2.05) is 17.1 Å². The van der Waals surface area contributed by atoms with Crippen LogP contribution in [-0.2, 0) is 14.3 Å². The molecule has 1 spiro atoms. The van der Waals surface area contributed by atoms with E-state index in [4.69, 9.17) is 4.74 Å². The maximum absolute atomic E-state index is 12.6. The Balaban J connectivity index is 1.69. The van der Waals surface area contributed by atoms with E-state index in [0.717, 1.165) is 25.7 Å². The molecule has 4 aliphatic rings. The molecule has 3 fully saturated rings. The monoisotopic (exact) mass is 263 g/mol. The number of carbonyl (C=O) groups is 2. The fourth-order valence-electron chi connectivity index (χ4n) is 4.34. The van der Waals surface area contributed by atoms with Gasteiger partial charge in [-0.2, -0.15) is 0 Å². The first-order chi connectivity index (χ1) is 9.12. The van der Waals surface area contributed by atoms with Gasteiger partial charge in [-0.1, -0.05) is 25.0 Å². The van der Waals surface area contributed by atoms with Crippen LogP contribution < -0.4 is 0 Å². The van der Waals surface area contributed by atoms with Crippen molar-refractivity contribution in [3.05, 3.63) is 12.2 Å². The molecule has 4 atom stereocenters. The van der Waals surface area contributed by atoms with Gasteiger partial charge in [0.25, 0.3) is 0 Å². The van der Waals surface area contributed by atoms with Crippen molar-refractivity contribution in [2.24, 2.45) is 11.8 Å². The third kappa shape index (κ3) is 1.34. The molecule has 0 aromatic rings. The molecular weight excluding hydrogens is 246 g/mol. The first-order valence-electron chi connectivity index (χ1n) is 7.03. The van der Waals surface area contributed by atoms with Crippen LogP contribution in [0, 0.1) is 11.8 Å². The summed E-state index contributed by atoms with van der Waals surface area (Å²) in [5.41, 5.74) is -0.659. The largest absolute Gasteiger partial charge is 0.481 e. The van der Waals surface area contributed by atoms with Crippen molar-refractivity contribution in [3.63, 3.8) is 0 Å². The van der Waals surface area contributed by atoms with Crippen LogP contribution in [0.15, 0.2) is 12.2 Å². The van der Waals surface area contributed by atoms with Crippen LogP contribution in [0.5, 0.6) is 0 Å². The normalized spacial score (nSPS) is 44.3. The van der Waals surface area contributed by atoms with Crippen LogP contribution in [-0.4, -0.2) is 46.2 Å². The highest BCUT2D eigenvalue weighted by atomic mass is 16.5. The maximum atomic E-state index is 12.6. The van der Waals surface area contributed by atoms with E-state index in [9.17, 15) is 14.7 Å². The summed E-state index contributed by atoms with van der Waals surface area (Å²) in [4.78, 5) is 25.9. The Morgan fingerprint density at radius 2 is 2.16 bits per heavy atom. The first kappa shape index (κ1) is 11.5.